The first kappa shape index (κ1) is 20.6. The van der Waals surface area contributed by atoms with Crippen molar-refractivity contribution in [1.82, 2.24) is 4.31 Å². The Labute approximate surface area is 140 Å². The van der Waals surface area contributed by atoms with E-state index in [0.29, 0.717) is 10.1 Å². The average Bonchev–Trinajstić information content (AvgIpc) is 2.43. The Morgan fingerprint density at radius 2 is 1.62 bits per heavy atom. The van der Waals surface area contributed by atoms with Crippen LogP contribution in [0.25, 0.3) is 0 Å². The van der Waals surface area contributed by atoms with Crippen LogP contribution in [0.4, 0.5) is 13.2 Å². The van der Waals surface area contributed by atoms with Gasteiger partial charge in [-0.05, 0) is 24.5 Å². The maximum absolute atomic E-state index is 12.8. The summed E-state index contributed by atoms with van der Waals surface area (Å²) < 4.78 is 74.6. The zero-order valence-corrected chi connectivity index (χ0v) is 15.1. The fourth-order valence-corrected chi connectivity index (χ4v) is 4.04. The van der Waals surface area contributed by atoms with Crippen LogP contribution >= 0.6 is 0 Å². The summed E-state index contributed by atoms with van der Waals surface area (Å²) in [6.07, 6.45) is -4.63. The molecule has 0 unspecified atom stereocenters. The first-order valence-electron chi connectivity index (χ1n) is 7.22. The van der Waals surface area contributed by atoms with Gasteiger partial charge < -0.3 is 9.47 Å². The van der Waals surface area contributed by atoms with Crippen LogP contribution in [-0.4, -0.2) is 46.2 Å². The van der Waals surface area contributed by atoms with E-state index in [0.717, 1.165) is 0 Å². The summed E-state index contributed by atoms with van der Waals surface area (Å²) in [5.74, 6) is 0.181. The van der Waals surface area contributed by atoms with Crippen LogP contribution in [0.1, 0.15) is 19.4 Å². The molecular formula is C15H22F3NO4S. The van der Waals surface area contributed by atoms with Gasteiger partial charge in [0.2, 0.25) is 10.0 Å². The second kappa shape index (κ2) is 7.60. The van der Waals surface area contributed by atoms with Gasteiger partial charge in [0.25, 0.3) is 0 Å². The lowest BCUT2D eigenvalue weighted by molar-refractivity contribution is -0.136. The smallest absolute Gasteiger partial charge is 0.402 e. The van der Waals surface area contributed by atoms with E-state index in [1.54, 1.807) is 13.8 Å². The molecule has 0 aliphatic rings. The molecule has 1 aromatic rings. The highest BCUT2D eigenvalue weighted by molar-refractivity contribution is 7.89. The minimum Gasteiger partial charge on any atom is -0.493 e. The van der Waals surface area contributed by atoms with E-state index in [9.17, 15) is 21.6 Å². The number of nitrogens with zero attached hydrogens (tertiary/aromatic N) is 1. The van der Waals surface area contributed by atoms with Crippen molar-refractivity contribution in [2.24, 2.45) is 5.92 Å². The number of rotatable bonds is 7. The third kappa shape index (κ3) is 5.01. The summed E-state index contributed by atoms with van der Waals surface area (Å²) >= 11 is 0. The maximum atomic E-state index is 12.8. The molecule has 1 aromatic carbocycles. The largest absolute Gasteiger partial charge is 0.493 e. The van der Waals surface area contributed by atoms with E-state index in [1.165, 1.54) is 33.3 Å². The quantitative estimate of drug-likeness (QED) is 0.741. The van der Waals surface area contributed by atoms with Crippen molar-refractivity contribution in [1.29, 1.82) is 0 Å². The van der Waals surface area contributed by atoms with E-state index in [4.69, 9.17) is 9.47 Å². The molecule has 0 radical (unpaired) electrons. The molecule has 0 N–H and O–H groups in total. The lowest BCUT2D eigenvalue weighted by Gasteiger charge is -2.26. The van der Waals surface area contributed by atoms with Gasteiger partial charge in [0.15, 0.2) is 11.5 Å². The molecule has 1 rings (SSSR count). The number of hydrogen-bond acceptors (Lipinski definition) is 4. The van der Waals surface area contributed by atoms with Crippen molar-refractivity contribution in [3.63, 3.8) is 0 Å². The van der Waals surface area contributed by atoms with Crippen molar-refractivity contribution >= 4 is 10.0 Å². The van der Waals surface area contributed by atoms with E-state index in [2.05, 4.69) is 0 Å². The van der Waals surface area contributed by atoms with Gasteiger partial charge in [-0.15, -0.1) is 0 Å². The first-order valence-corrected chi connectivity index (χ1v) is 8.66. The molecule has 0 fully saturated rings. The number of aryl methyl sites for hydroxylation is 1. The summed E-state index contributed by atoms with van der Waals surface area (Å²) in [6.45, 7) is 3.02. The van der Waals surface area contributed by atoms with Gasteiger partial charge in [-0.3, -0.25) is 0 Å². The number of halogens is 3. The predicted molar refractivity (Wildman–Crippen MR) is 83.9 cm³/mol. The topological polar surface area (TPSA) is 55.8 Å². The van der Waals surface area contributed by atoms with E-state index in [-0.39, 0.29) is 28.7 Å². The molecule has 0 bridgehead atoms. The van der Waals surface area contributed by atoms with Crippen LogP contribution in [-0.2, 0) is 10.0 Å². The molecule has 0 heterocycles. The van der Waals surface area contributed by atoms with Crippen LogP contribution in [0.5, 0.6) is 11.5 Å². The zero-order chi connectivity index (χ0) is 18.7. The zero-order valence-electron chi connectivity index (χ0n) is 14.3. The number of benzene rings is 1. The Morgan fingerprint density at radius 1 is 1.12 bits per heavy atom. The number of alkyl halides is 3. The molecule has 0 saturated heterocycles. The van der Waals surface area contributed by atoms with Gasteiger partial charge >= 0.3 is 6.18 Å². The van der Waals surface area contributed by atoms with Crippen LogP contribution in [0.2, 0.25) is 0 Å². The Balaban J connectivity index is 3.43. The molecule has 24 heavy (non-hydrogen) atoms. The van der Waals surface area contributed by atoms with Crippen molar-refractivity contribution in [3.8, 4) is 11.5 Å². The minimum absolute atomic E-state index is 0.137. The monoisotopic (exact) mass is 369 g/mol. The van der Waals surface area contributed by atoms with Crippen molar-refractivity contribution in [2.75, 3.05) is 27.3 Å². The lowest BCUT2D eigenvalue weighted by Crippen LogP contribution is -2.41. The molecule has 0 aromatic heterocycles. The van der Waals surface area contributed by atoms with Gasteiger partial charge in [-0.2, -0.15) is 17.5 Å². The van der Waals surface area contributed by atoms with Gasteiger partial charge in [0.1, 0.15) is 6.54 Å². The molecule has 0 aliphatic heterocycles. The summed E-state index contributed by atoms with van der Waals surface area (Å²) in [5, 5.41) is 0. The Bertz CT molecular complexity index is 672. The van der Waals surface area contributed by atoms with Crippen LogP contribution in [0, 0.1) is 12.8 Å². The van der Waals surface area contributed by atoms with Gasteiger partial charge in [0, 0.05) is 12.6 Å². The summed E-state index contributed by atoms with van der Waals surface area (Å²) in [7, 11) is -1.63. The highest BCUT2D eigenvalue weighted by atomic mass is 32.2. The molecule has 9 heteroatoms. The average molecular weight is 369 g/mol. The van der Waals surface area contributed by atoms with E-state index >= 15 is 0 Å². The standard InChI is InChI=1S/C15H22F3NO4S/c1-10(2)8-19(9-15(16,17)18)24(20,21)14-7-13(23-5)12(22-4)6-11(14)3/h6-7,10H,8-9H2,1-5H3. The van der Waals surface area contributed by atoms with Gasteiger partial charge in [-0.25, -0.2) is 8.42 Å². The van der Waals surface area contributed by atoms with Crippen molar-refractivity contribution in [3.05, 3.63) is 17.7 Å². The van der Waals surface area contributed by atoms with Crippen molar-refractivity contribution in [2.45, 2.75) is 31.8 Å². The highest BCUT2D eigenvalue weighted by Gasteiger charge is 2.38. The van der Waals surface area contributed by atoms with Gasteiger partial charge in [-0.1, -0.05) is 13.8 Å². The molecular weight excluding hydrogens is 347 g/mol. The molecule has 0 aliphatic carbocycles. The summed E-state index contributed by atoms with van der Waals surface area (Å²) in [5.41, 5.74) is 0.281. The molecule has 0 atom stereocenters. The molecule has 0 spiro atoms. The number of ether oxygens (including phenoxy) is 2. The Hall–Kier alpha value is -1.48. The van der Waals surface area contributed by atoms with Gasteiger partial charge in [0.05, 0.1) is 19.1 Å². The highest BCUT2D eigenvalue weighted by Crippen LogP contribution is 2.34. The van der Waals surface area contributed by atoms with Crippen LogP contribution in [0.3, 0.4) is 0 Å². The summed E-state index contributed by atoms with van der Waals surface area (Å²) in [4.78, 5) is -0.231. The second-order valence-electron chi connectivity index (χ2n) is 5.78. The lowest BCUT2D eigenvalue weighted by atomic mass is 10.2. The number of methoxy groups -OCH3 is 2. The second-order valence-corrected chi connectivity index (χ2v) is 7.69. The fraction of sp³-hybridized carbons (Fsp3) is 0.600. The number of sulfonamides is 1. The molecule has 138 valence electrons. The molecule has 0 amide bonds. The normalized spacial score (nSPS) is 12.8. The van der Waals surface area contributed by atoms with E-state index in [1.807, 2.05) is 0 Å². The summed E-state index contributed by atoms with van der Waals surface area (Å²) in [6, 6.07) is 2.61. The number of hydrogen-bond donors (Lipinski definition) is 0. The molecule has 0 saturated carbocycles. The van der Waals surface area contributed by atoms with Crippen LogP contribution in [0.15, 0.2) is 17.0 Å². The fourth-order valence-electron chi connectivity index (χ4n) is 2.23. The molecule has 5 nitrogen and oxygen atoms in total. The Morgan fingerprint density at radius 3 is 2.04 bits per heavy atom. The minimum atomic E-state index is -4.63. The SMILES string of the molecule is COc1cc(C)c(S(=O)(=O)N(CC(C)C)CC(F)(F)F)cc1OC. The first-order chi connectivity index (χ1) is 10.9. The van der Waals surface area contributed by atoms with Crippen molar-refractivity contribution < 1.29 is 31.1 Å². The van der Waals surface area contributed by atoms with Crippen LogP contribution < -0.4 is 9.47 Å². The Kier molecular flexibility index (Phi) is 6.52. The third-order valence-corrected chi connectivity index (χ3v) is 5.18. The maximum Gasteiger partial charge on any atom is 0.402 e. The predicted octanol–water partition coefficient (Wildman–Crippen LogP) is 3.22. The third-order valence-electron chi connectivity index (χ3n) is 3.22. The van der Waals surface area contributed by atoms with E-state index < -0.39 is 22.7 Å².